The molecule has 0 aromatic rings. The highest BCUT2D eigenvalue weighted by Gasteiger charge is 2.33. The molecule has 0 aromatic heterocycles. The molecule has 0 spiro atoms. The summed E-state index contributed by atoms with van der Waals surface area (Å²) in [5, 5.41) is 8.80. The third kappa shape index (κ3) is 3.98. The lowest BCUT2D eigenvalue weighted by molar-refractivity contribution is -0.132. The predicted octanol–water partition coefficient (Wildman–Crippen LogP) is 2.33. The number of aliphatic hydroxyl groups is 1. The van der Waals surface area contributed by atoms with Crippen molar-refractivity contribution in [2.24, 2.45) is 5.92 Å². The number of hydrogen-bond donors (Lipinski definition) is 1. The lowest BCUT2D eigenvalue weighted by Crippen LogP contribution is -2.37. The summed E-state index contributed by atoms with van der Waals surface area (Å²) in [4.78, 5) is 14.2. The fourth-order valence-corrected chi connectivity index (χ4v) is 2.86. The van der Waals surface area contributed by atoms with Gasteiger partial charge in [-0.15, -0.1) is 0 Å². The monoisotopic (exact) mass is 239 g/mol. The molecule has 2 rings (SSSR count). The largest absolute Gasteiger partial charge is 0.396 e. The minimum absolute atomic E-state index is 0.133. The van der Waals surface area contributed by atoms with Crippen LogP contribution in [-0.2, 0) is 4.79 Å². The lowest BCUT2D eigenvalue weighted by Gasteiger charge is -2.30. The van der Waals surface area contributed by atoms with Crippen LogP contribution in [0.4, 0.5) is 0 Å². The van der Waals surface area contributed by atoms with E-state index in [9.17, 15) is 4.79 Å². The maximum absolute atomic E-state index is 12.1. The Bertz CT molecular complexity index is 245. The summed E-state index contributed by atoms with van der Waals surface area (Å²) in [5.74, 6) is 1.01. The fraction of sp³-hybridized carbons (Fsp3) is 0.929. The van der Waals surface area contributed by atoms with E-state index >= 15 is 0 Å². The standard InChI is InChI=1S/C14H25NO2/c16-10-4-7-14(17)15(13-8-9-13)11-12-5-2-1-3-6-12/h12-13,16H,1-11H2. The van der Waals surface area contributed by atoms with Gasteiger partial charge in [-0.2, -0.15) is 0 Å². The van der Waals surface area contributed by atoms with Gasteiger partial charge in [-0.1, -0.05) is 19.3 Å². The lowest BCUT2D eigenvalue weighted by atomic mass is 9.89. The third-order valence-electron chi connectivity index (χ3n) is 4.04. The minimum Gasteiger partial charge on any atom is -0.396 e. The molecule has 0 aliphatic heterocycles. The van der Waals surface area contributed by atoms with E-state index in [0.29, 0.717) is 18.9 Å². The van der Waals surface area contributed by atoms with E-state index in [2.05, 4.69) is 4.90 Å². The van der Waals surface area contributed by atoms with Crippen molar-refractivity contribution in [2.75, 3.05) is 13.2 Å². The molecule has 0 unspecified atom stereocenters. The number of carbonyl (C=O) groups excluding carboxylic acids is 1. The quantitative estimate of drug-likeness (QED) is 0.773. The molecular weight excluding hydrogens is 214 g/mol. The molecule has 2 aliphatic carbocycles. The van der Waals surface area contributed by atoms with Crippen LogP contribution in [0.15, 0.2) is 0 Å². The smallest absolute Gasteiger partial charge is 0.222 e. The van der Waals surface area contributed by atoms with Gasteiger partial charge in [0, 0.05) is 25.6 Å². The Morgan fingerprint density at radius 3 is 2.41 bits per heavy atom. The van der Waals surface area contributed by atoms with Gasteiger partial charge >= 0.3 is 0 Å². The molecule has 2 fully saturated rings. The summed E-state index contributed by atoms with van der Waals surface area (Å²) in [5.41, 5.74) is 0. The number of rotatable bonds is 6. The Labute approximate surface area is 104 Å². The fourth-order valence-electron chi connectivity index (χ4n) is 2.86. The Balaban J connectivity index is 1.81. The van der Waals surface area contributed by atoms with Crippen LogP contribution in [-0.4, -0.2) is 35.1 Å². The molecule has 98 valence electrons. The molecule has 0 heterocycles. The molecule has 2 aliphatic rings. The summed E-state index contributed by atoms with van der Waals surface area (Å²) in [6, 6.07) is 0.531. The van der Waals surface area contributed by atoms with Crippen LogP contribution < -0.4 is 0 Å². The highest BCUT2D eigenvalue weighted by molar-refractivity contribution is 5.76. The average molecular weight is 239 g/mol. The maximum Gasteiger partial charge on any atom is 0.222 e. The van der Waals surface area contributed by atoms with Crippen molar-refractivity contribution in [2.45, 2.75) is 63.8 Å². The first-order chi connectivity index (χ1) is 8.31. The van der Waals surface area contributed by atoms with E-state index in [4.69, 9.17) is 5.11 Å². The van der Waals surface area contributed by atoms with Gasteiger partial charge in [0.1, 0.15) is 0 Å². The van der Waals surface area contributed by atoms with Crippen LogP contribution in [0.3, 0.4) is 0 Å². The van der Waals surface area contributed by atoms with Gasteiger partial charge in [-0.05, 0) is 38.0 Å². The number of nitrogens with zero attached hydrogens (tertiary/aromatic N) is 1. The van der Waals surface area contributed by atoms with Crippen LogP contribution in [0.2, 0.25) is 0 Å². The topological polar surface area (TPSA) is 40.5 Å². The molecular formula is C14H25NO2. The highest BCUT2D eigenvalue weighted by Crippen LogP contribution is 2.31. The second-order valence-corrected chi connectivity index (χ2v) is 5.61. The average Bonchev–Trinajstić information content (AvgIpc) is 3.18. The second-order valence-electron chi connectivity index (χ2n) is 5.61. The molecule has 0 aromatic carbocycles. The van der Waals surface area contributed by atoms with Crippen molar-refractivity contribution in [3.8, 4) is 0 Å². The van der Waals surface area contributed by atoms with E-state index in [1.54, 1.807) is 0 Å². The molecule has 0 bridgehead atoms. The first kappa shape index (κ1) is 12.9. The normalized spacial score (nSPS) is 21.5. The van der Waals surface area contributed by atoms with E-state index in [-0.39, 0.29) is 12.5 Å². The van der Waals surface area contributed by atoms with Gasteiger partial charge in [0.25, 0.3) is 0 Å². The summed E-state index contributed by atoms with van der Waals surface area (Å²) in [6.45, 7) is 1.11. The molecule has 0 radical (unpaired) electrons. The Kier molecular flexibility index (Phi) is 4.84. The Hall–Kier alpha value is -0.570. The third-order valence-corrected chi connectivity index (χ3v) is 4.04. The number of hydrogen-bond acceptors (Lipinski definition) is 2. The summed E-state index contributed by atoms with van der Waals surface area (Å²) in [7, 11) is 0. The Morgan fingerprint density at radius 2 is 1.82 bits per heavy atom. The SMILES string of the molecule is O=C(CCCO)N(CC1CCCCC1)C1CC1. The van der Waals surface area contributed by atoms with Gasteiger partial charge < -0.3 is 10.0 Å². The molecule has 1 amide bonds. The zero-order valence-electron chi connectivity index (χ0n) is 10.7. The van der Waals surface area contributed by atoms with Crippen molar-refractivity contribution in [3.05, 3.63) is 0 Å². The molecule has 3 heteroatoms. The van der Waals surface area contributed by atoms with Crippen molar-refractivity contribution >= 4 is 5.91 Å². The van der Waals surface area contributed by atoms with Crippen molar-refractivity contribution in [1.29, 1.82) is 0 Å². The van der Waals surface area contributed by atoms with Crippen molar-refractivity contribution < 1.29 is 9.90 Å². The first-order valence-electron chi connectivity index (χ1n) is 7.21. The molecule has 3 nitrogen and oxygen atoms in total. The van der Waals surface area contributed by atoms with Gasteiger partial charge in [-0.3, -0.25) is 4.79 Å². The summed E-state index contributed by atoms with van der Waals surface area (Å²) >= 11 is 0. The van der Waals surface area contributed by atoms with E-state index in [0.717, 1.165) is 12.5 Å². The van der Waals surface area contributed by atoms with Gasteiger partial charge in [0.2, 0.25) is 5.91 Å². The van der Waals surface area contributed by atoms with Crippen LogP contribution in [0.1, 0.15) is 57.8 Å². The molecule has 0 atom stereocenters. The predicted molar refractivity (Wildman–Crippen MR) is 67.6 cm³/mol. The number of amides is 1. The molecule has 17 heavy (non-hydrogen) atoms. The van der Waals surface area contributed by atoms with Gasteiger partial charge in [0.05, 0.1) is 0 Å². The van der Waals surface area contributed by atoms with Crippen LogP contribution in [0.5, 0.6) is 0 Å². The maximum atomic E-state index is 12.1. The molecule has 0 saturated heterocycles. The van der Waals surface area contributed by atoms with E-state index in [1.807, 2.05) is 0 Å². The van der Waals surface area contributed by atoms with Crippen LogP contribution >= 0.6 is 0 Å². The number of carbonyl (C=O) groups is 1. The second kappa shape index (κ2) is 6.39. The molecule has 1 N–H and O–H groups in total. The van der Waals surface area contributed by atoms with Gasteiger partial charge in [-0.25, -0.2) is 0 Å². The van der Waals surface area contributed by atoms with E-state index in [1.165, 1.54) is 44.9 Å². The number of aliphatic hydroxyl groups excluding tert-OH is 1. The Morgan fingerprint density at radius 1 is 1.12 bits per heavy atom. The van der Waals surface area contributed by atoms with Crippen LogP contribution in [0.25, 0.3) is 0 Å². The summed E-state index contributed by atoms with van der Waals surface area (Å²) < 4.78 is 0. The van der Waals surface area contributed by atoms with Crippen molar-refractivity contribution in [1.82, 2.24) is 4.90 Å². The van der Waals surface area contributed by atoms with Crippen molar-refractivity contribution in [3.63, 3.8) is 0 Å². The van der Waals surface area contributed by atoms with Gasteiger partial charge in [0.15, 0.2) is 0 Å². The highest BCUT2D eigenvalue weighted by atomic mass is 16.3. The molecule has 2 saturated carbocycles. The zero-order chi connectivity index (χ0) is 12.1. The zero-order valence-corrected chi connectivity index (χ0v) is 10.7. The van der Waals surface area contributed by atoms with E-state index < -0.39 is 0 Å². The van der Waals surface area contributed by atoms with Crippen LogP contribution in [0, 0.1) is 5.92 Å². The summed E-state index contributed by atoms with van der Waals surface area (Å²) in [6.07, 6.45) is 10.2. The minimum atomic E-state index is 0.133. The first-order valence-corrected chi connectivity index (χ1v) is 7.21.